The quantitative estimate of drug-likeness (QED) is 0.660. The Morgan fingerprint density at radius 1 is 1.20 bits per heavy atom. The molecule has 0 aromatic rings. The lowest BCUT2D eigenvalue weighted by atomic mass is 9.87. The first-order valence-corrected chi connectivity index (χ1v) is 6.06. The Kier molecular flexibility index (Phi) is 5.69. The molecular formula is C12H22O3. The van der Waals surface area contributed by atoms with Gasteiger partial charge in [0.1, 0.15) is 0 Å². The fourth-order valence-electron chi connectivity index (χ4n) is 2.01. The number of hydrogen-bond acceptors (Lipinski definition) is 3. The molecule has 0 unspecified atom stereocenters. The summed E-state index contributed by atoms with van der Waals surface area (Å²) in [5.74, 6) is 0.0952. The van der Waals surface area contributed by atoms with E-state index in [-0.39, 0.29) is 11.9 Å². The van der Waals surface area contributed by atoms with Crippen molar-refractivity contribution in [1.82, 2.24) is 0 Å². The maximum Gasteiger partial charge on any atom is 0.308 e. The van der Waals surface area contributed by atoms with Crippen LogP contribution in [-0.2, 0) is 14.3 Å². The zero-order chi connectivity index (χ0) is 11.1. The van der Waals surface area contributed by atoms with Crippen molar-refractivity contribution in [1.29, 1.82) is 0 Å². The summed E-state index contributed by atoms with van der Waals surface area (Å²) in [7, 11) is 0. The Balaban J connectivity index is 2.20. The van der Waals surface area contributed by atoms with E-state index in [1.165, 1.54) is 0 Å². The molecule has 1 aliphatic carbocycles. The van der Waals surface area contributed by atoms with Crippen molar-refractivity contribution >= 4 is 5.97 Å². The maximum atomic E-state index is 11.5. The number of ether oxygens (including phenoxy) is 2. The monoisotopic (exact) mass is 214 g/mol. The summed E-state index contributed by atoms with van der Waals surface area (Å²) >= 11 is 0. The highest BCUT2D eigenvalue weighted by molar-refractivity contribution is 5.72. The van der Waals surface area contributed by atoms with Gasteiger partial charge in [-0.15, -0.1) is 0 Å². The molecule has 0 bridgehead atoms. The molecule has 0 heterocycles. The van der Waals surface area contributed by atoms with E-state index >= 15 is 0 Å². The number of hydrogen-bond donors (Lipinski definition) is 0. The first-order valence-electron chi connectivity index (χ1n) is 6.06. The molecular weight excluding hydrogens is 192 g/mol. The van der Waals surface area contributed by atoms with Crippen LogP contribution in [0.2, 0.25) is 0 Å². The zero-order valence-corrected chi connectivity index (χ0v) is 9.83. The summed E-state index contributed by atoms with van der Waals surface area (Å²) in [6.07, 6.45) is 5.29. The van der Waals surface area contributed by atoms with Crippen LogP contribution in [0.1, 0.15) is 46.0 Å². The van der Waals surface area contributed by atoms with Gasteiger partial charge in [-0.3, -0.25) is 4.79 Å². The highest BCUT2D eigenvalue weighted by Gasteiger charge is 2.27. The molecule has 3 heteroatoms. The number of rotatable bonds is 5. The molecule has 0 amide bonds. The topological polar surface area (TPSA) is 35.5 Å². The van der Waals surface area contributed by atoms with E-state index in [9.17, 15) is 4.79 Å². The van der Waals surface area contributed by atoms with E-state index in [1.54, 1.807) is 0 Å². The average molecular weight is 214 g/mol. The predicted molar refractivity (Wildman–Crippen MR) is 58.6 cm³/mol. The first kappa shape index (κ1) is 12.5. The van der Waals surface area contributed by atoms with Crippen molar-refractivity contribution in [2.24, 2.45) is 5.92 Å². The standard InChI is InChI=1S/C12H22O3/c1-3-9-15-11-7-5-10(6-8-11)12(13)14-4-2/h10-11H,3-9H2,1-2H3. The largest absolute Gasteiger partial charge is 0.466 e. The van der Waals surface area contributed by atoms with Crippen LogP contribution in [0.25, 0.3) is 0 Å². The van der Waals surface area contributed by atoms with Crippen LogP contribution < -0.4 is 0 Å². The summed E-state index contributed by atoms with van der Waals surface area (Å²) in [6, 6.07) is 0. The van der Waals surface area contributed by atoms with Crippen LogP contribution in [0.4, 0.5) is 0 Å². The van der Waals surface area contributed by atoms with Gasteiger partial charge in [0.2, 0.25) is 0 Å². The van der Waals surface area contributed by atoms with E-state index in [2.05, 4.69) is 6.92 Å². The molecule has 1 rings (SSSR count). The average Bonchev–Trinajstić information content (AvgIpc) is 2.27. The lowest BCUT2D eigenvalue weighted by molar-refractivity contribution is -0.150. The van der Waals surface area contributed by atoms with Crippen molar-refractivity contribution in [3.05, 3.63) is 0 Å². The van der Waals surface area contributed by atoms with Crippen molar-refractivity contribution in [2.45, 2.75) is 52.1 Å². The van der Waals surface area contributed by atoms with Gasteiger partial charge in [0.25, 0.3) is 0 Å². The molecule has 0 radical (unpaired) electrons. The zero-order valence-electron chi connectivity index (χ0n) is 9.83. The lowest BCUT2D eigenvalue weighted by Crippen LogP contribution is -2.27. The van der Waals surface area contributed by atoms with Crippen LogP contribution in [0.3, 0.4) is 0 Å². The summed E-state index contributed by atoms with van der Waals surface area (Å²) < 4.78 is 10.7. The Hall–Kier alpha value is -0.570. The van der Waals surface area contributed by atoms with Crippen molar-refractivity contribution in [3.8, 4) is 0 Å². The summed E-state index contributed by atoms with van der Waals surface area (Å²) in [6.45, 7) is 5.30. The molecule has 0 N–H and O–H groups in total. The van der Waals surface area contributed by atoms with Crippen LogP contribution in [0.15, 0.2) is 0 Å². The molecule has 0 aromatic carbocycles. The van der Waals surface area contributed by atoms with Gasteiger partial charge in [0.05, 0.1) is 18.6 Å². The molecule has 0 atom stereocenters. The third-order valence-corrected chi connectivity index (χ3v) is 2.85. The lowest BCUT2D eigenvalue weighted by Gasteiger charge is -2.27. The summed E-state index contributed by atoms with van der Waals surface area (Å²) in [5, 5.41) is 0. The van der Waals surface area contributed by atoms with Crippen molar-refractivity contribution in [3.63, 3.8) is 0 Å². The van der Waals surface area contributed by atoms with Gasteiger partial charge < -0.3 is 9.47 Å². The minimum Gasteiger partial charge on any atom is -0.466 e. The van der Waals surface area contributed by atoms with E-state index < -0.39 is 0 Å². The van der Waals surface area contributed by atoms with E-state index in [0.717, 1.165) is 38.7 Å². The Labute approximate surface area is 92.1 Å². The van der Waals surface area contributed by atoms with Crippen LogP contribution >= 0.6 is 0 Å². The summed E-state index contributed by atoms with van der Waals surface area (Å²) in [5.41, 5.74) is 0. The predicted octanol–water partition coefficient (Wildman–Crippen LogP) is 2.53. The fourth-order valence-corrected chi connectivity index (χ4v) is 2.01. The minimum absolute atomic E-state index is 0.0218. The van der Waals surface area contributed by atoms with Crippen molar-refractivity contribution < 1.29 is 14.3 Å². The van der Waals surface area contributed by atoms with Gasteiger partial charge in [0, 0.05) is 6.61 Å². The van der Waals surface area contributed by atoms with Gasteiger partial charge in [0.15, 0.2) is 0 Å². The smallest absolute Gasteiger partial charge is 0.308 e. The molecule has 0 saturated heterocycles. The number of carbonyl (C=O) groups excluding carboxylic acids is 1. The normalized spacial score (nSPS) is 26.3. The molecule has 0 aliphatic heterocycles. The van der Waals surface area contributed by atoms with Gasteiger partial charge >= 0.3 is 5.97 Å². The third kappa shape index (κ3) is 4.20. The second-order valence-electron chi connectivity index (χ2n) is 4.10. The van der Waals surface area contributed by atoms with E-state index in [4.69, 9.17) is 9.47 Å². The molecule has 1 saturated carbocycles. The molecule has 0 aromatic heterocycles. The second kappa shape index (κ2) is 6.83. The van der Waals surface area contributed by atoms with Gasteiger partial charge in [-0.25, -0.2) is 0 Å². The fraction of sp³-hybridized carbons (Fsp3) is 0.917. The van der Waals surface area contributed by atoms with Gasteiger partial charge in [-0.05, 0) is 39.0 Å². The minimum atomic E-state index is -0.0218. The number of carbonyl (C=O) groups is 1. The summed E-state index contributed by atoms with van der Waals surface area (Å²) in [4.78, 5) is 11.5. The number of esters is 1. The molecule has 1 aliphatic rings. The molecule has 88 valence electrons. The second-order valence-corrected chi connectivity index (χ2v) is 4.10. The first-order chi connectivity index (χ1) is 7.27. The molecule has 3 nitrogen and oxygen atoms in total. The maximum absolute atomic E-state index is 11.5. The van der Waals surface area contributed by atoms with Crippen molar-refractivity contribution in [2.75, 3.05) is 13.2 Å². The van der Waals surface area contributed by atoms with Crippen LogP contribution in [0.5, 0.6) is 0 Å². The molecule has 15 heavy (non-hydrogen) atoms. The third-order valence-electron chi connectivity index (χ3n) is 2.85. The Bertz CT molecular complexity index is 183. The van der Waals surface area contributed by atoms with Gasteiger partial charge in [-0.1, -0.05) is 6.92 Å². The van der Waals surface area contributed by atoms with E-state index in [0.29, 0.717) is 12.7 Å². The molecule has 0 spiro atoms. The van der Waals surface area contributed by atoms with E-state index in [1.807, 2.05) is 6.92 Å². The Morgan fingerprint density at radius 3 is 2.40 bits per heavy atom. The van der Waals surface area contributed by atoms with Gasteiger partial charge in [-0.2, -0.15) is 0 Å². The highest BCUT2D eigenvalue weighted by atomic mass is 16.5. The SMILES string of the molecule is CCCOC1CCC(C(=O)OCC)CC1. The van der Waals surface area contributed by atoms with Crippen LogP contribution in [0, 0.1) is 5.92 Å². The molecule has 1 fully saturated rings. The van der Waals surface area contributed by atoms with Crippen LogP contribution in [-0.4, -0.2) is 25.3 Å². The Morgan fingerprint density at radius 2 is 1.87 bits per heavy atom. The highest BCUT2D eigenvalue weighted by Crippen LogP contribution is 2.27.